The molecule has 0 spiro atoms. The first-order valence-electron chi connectivity index (χ1n) is 7.50. The Balaban J connectivity index is 1.67. The van der Waals surface area contributed by atoms with Gasteiger partial charge >= 0.3 is 0 Å². The molecule has 114 valence electrons. The van der Waals surface area contributed by atoms with Crippen molar-refractivity contribution in [3.63, 3.8) is 0 Å². The molecule has 3 rings (SSSR count). The number of nitrogens with zero attached hydrogens (tertiary/aromatic N) is 2. The lowest BCUT2D eigenvalue weighted by molar-refractivity contribution is 0.392. The minimum absolute atomic E-state index is 0.730. The lowest BCUT2D eigenvalue weighted by Crippen LogP contribution is -2.48. The van der Waals surface area contributed by atoms with E-state index in [4.69, 9.17) is 23.8 Å². The summed E-state index contributed by atoms with van der Waals surface area (Å²) >= 11 is 11.9. The summed E-state index contributed by atoms with van der Waals surface area (Å²) in [6, 6.07) is 16.5. The van der Waals surface area contributed by atoms with Gasteiger partial charge in [0.15, 0.2) is 0 Å². The molecule has 0 amide bonds. The molecule has 22 heavy (non-hydrogen) atoms. The summed E-state index contributed by atoms with van der Waals surface area (Å²) in [7, 11) is 0. The SMILES string of the molecule is Cc1cccc(N2CCN(C(=S)c3ccccc3Cl)CC2)c1. The fourth-order valence-corrected chi connectivity index (χ4v) is 3.44. The molecule has 1 aliphatic rings. The van der Waals surface area contributed by atoms with E-state index in [-0.39, 0.29) is 0 Å². The zero-order valence-corrected chi connectivity index (χ0v) is 14.2. The van der Waals surface area contributed by atoms with Crippen LogP contribution in [-0.4, -0.2) is 36.1 Å². The Morgan fingerprint density at radius 2 is 1.73 bits per heavy atom. The molecule has 0 atom stereocenters. The van der Waals surface area contributed by atoms with Crippen LogP contribution in [0, 0.1) is 6.92 Å². The molecule has 1 fully saturated rings. The van der Waals surface area contributed by atoms with Crippen molar-refractivity contribution in [2.45, 2.75) is 6.92 Å². The van der Waals surface area contributed by atoms with E-state index in [0.29, 0.717) is 0 Å². The first-order valence-corrected chi connectivity index (χ1v) is 8.29. The highest BCUT2D eigenvalue weighted by molar-refractivity contribution is 7.80. The molecule has 0 saturated carbocycles. The number of benzene rings is 2. The van der Waals surface area contributed by atoms with E-state index < -0.39 is 0 Å². The first-order chi connectivity index (χ1) is 10.6. The van der Waals surface area contributed by atoms with Crippen LogP contribution in [0.4, 0.5) is 5.69 Å². The number of hydrogen-bond donors (Lipinski definition) is 0. The summed E-state index contributed by atoms with van der Waals surface area (Å²) in [6.07, 6.45) is 0. The van der Waals surface area contributed by atoms with Crippen LogP contribution in [0.2, 0.25) is 5.02 Å². The number of anilines is 1. The fraction of sp³-hybridized carbons (Fsp3) is 0.278. The second-order valence-electron chi connectivity index (χ2n) is 5.60. The number of halogens is 1. The van der Waals surface area contributed by atoms with Crippen molar-refractivity contribution in [2.24, 2.45) is 0 Å². The highest BCUT2D eigenvalue weighted by atomic mass is 35.5. The predicted molar refractivity (Wildman–Crippen MR) is 98.1 cm³/mol. The van der Waals surface area contributed by atoms with Gasteiger partial charge in [0, 0.05) is 37.4 Å². The maximum absolute atomic E-state index is 6.26. The average Bonchev–Trinajstić information content (AvgIpc) is 2.55. The summed E-state index contributed by atoms with van der Waals surface area (Å²) in [4.78, 5) is 5.52. The molecule has 0 aliphatic carbocycles. The van der Waals surface area contributed by atoms with Crippen LogP contribution in [0.25, 0.3) is 0 Å². The Labute approximate surface area is 142 Å². The molecule has 4 heteroatoms. The third kappa shape index (κ3) is 3.26. The van der Waals surface area contributed by atoms with Gasteiger partial charge < -0.3 is 9.80 Å². The maximum atomic E-state index is 6.26. The van der Waals surface area contributed by atoms with Crippen molar-refractivity contribution in [1.82, 2.24) is 4.90 Å². The van der Waals surface area contributed by atoms with Crippen molar-refractivity contribution in [1.29, 1.82) is 0 Å². The smallest absolute Gasteiger partial charge is 0.110 e. The maximum Gasteiger partial charge on any atom is 0.110 e. The fourth-order valence-electron chi connectivity index (χ4n) is 2.80. The van der Waals surface area contributed by atoms with E-state index in [1.807, 2.05) is 24.3 Å². The lowest BCUT2D eigenvalue weighted by Gasteiger charge is -2.37. The van der Waals surface area contributed by atoms with Crippen LogP contribution in [0.1, 0.15) is 11.1 Å². The Hall–Kier alpha value is -1.58. The number of aryl methyl sites for hydroxylation is 1. The molecular formula is C18H19ClN2S. The van der Waals surface area contributed by atoms with Crippen LogP contribution in [0.15, 0.2) is 48.5 Å². The van der Waals surface area contributed by atoms with E-state index in [0.717, 1.165) is 41.8 Å². The van der Waals surface area contributed by atoms with Crippen LogP contribution in [0.5, 0.6) is 0 Å². The monoisotopic (exact) mass is 330 g/mol. The third-order valence-electron chi connectivity index (χ3n) is 4.04. The molecular weight excluding hydrogens is 312 g/mol. The molecule has 2 aromatic carbocycles. The van der Waals surface area contributed by atoms with E-state index in [9.17, 15) is 0 Å². The second kappa shape index (κ2) is 6.67. The standard InChI is InChI=1S/C18H19ClN2S/c1-14-5-4-6-15(13-14)20-9-11-21(12-10-20)18(22)16-7-2-3-8-17(16)19/h2-8,13H,9-12H2,1H3. The molecule has 0 aromatic heterocycles. The van der Waals surface area contributed by atoms with E-state index in [2.05, 4.69) is 41.0 Å². The summed E-state index contributed by atoms with van der Waals surface area (Å²) in [5.41, 5.74) is 3.55. The van der Waals surface area contributed by atoms with Crippen LogP contribution in [0.3, 0.4) is 0 Å². The zero-order valence-electron chi connectivity index (χ0n) is 12.6. The zero-order chi connectivity index (χ0) is 15.5. The summed E-state index contributed by atoms with van der Waals surface area (Å²) in [6.45, 7) is 5.95. The van der Waals surface area contributed by atoms with Gasteiger partial charge in [-0.3, -0.25) is 0 Å². The minimum Gasteiger partial charge on any atom is -0.368 e. The number of hydrogen-bond acceptors (Lipinski definition) is 2. The van der Waals surface area contributed by atoms with Gasteiger partial charge in [-0.1, -0.05) is 54.2 Å². The van der Waals surface area contributed by atoms with E-state index in [1.54, 1.807) is 0 Å². The van der Waals surface area contributed by atoms with Crippen LogP contribution in [-0.2, 0) is 0 Å². The number of thiocarbonyl (C=S) groups is 1. The van der Waals surface area contributed by atoms with Gasteiger partial charge in [0.05, 0.1) is 5.02 Å². The molecule has 2 aromatic rings. The third-order valence-corrected chi connectivity index (χ3v) is 4.85. The first kappa shape index (κ1) is 15.3. The average molecular weight is 331 g/mol. The van der Waals surface area contributed by atoms with Gasteiger partial charge in [-0.25, -0.2) is 0 Å². The van der Waals surface area contributed by atoms with Crippen molar-refractivity contribution < 1.29 is 0 Å². The van der Waals surface area contributed by atoms with E-state index >= 15 is 0 Å². The van der Waals surface area contributed by atoms with Crippen LogP contribution < -0.4 is 4.90 Å². The summed E-state index contributed by atoms with van der Waals surface area (Å²) in [5, 5.41) is 0.730. The van der Waals surface area contributed by atoms with E-state index in [1.165, 1.54) is 11.3 Å². The van der Waals surface area contributed by atoms with Crippen molar-refractivity contribution >= 4 is 34.5 Å². The lowest BCUT2D eigenvalue weighted by atomic mass is 10.1. The number of rotatable bonds is 2. The topological polar surface area (TPSA) is 6.48 Å². The molecule has 1 saturated heterocycles. The Bertz CT molecular complexity index is 678. The Kier molecular flexibility index (Phi) is 4.65. The predicted octanol–water partition coefficient (Wildman–Crippen LogP) is 4.15. The van der Waals surface area contributed by atoms with Gasteiger partial charge in [0.25, 0.3) is 0 Å². The number of piperazine rings is 1. The van der Waals surface area contributed by atoms with Gasteiger partial charge in [-0.15, -0.1) is 0 Å². The molecule has 1 aliphatic heterocycles. The molecule has 0 bridgehead atoms. The minimum atomic E-state index is 0.730. The molecule has 1 heterocycles. The van der Waals surface area contributed by atoms with Gasteiger partial charge in [-0.05, 0) is 30.7 Å². The van der Waals surface area contributed by atoms with Crippen molar-refractivity contribution in [2.75, 3.05) is 31.1 Å². The van der Waals surface area contributed by atoms with Gasteiger partial charge in [0.2, 0.25) is 0 Å². The quantitative estimate of drug-likeness (QED) is 0.764. The molecule has 0 unspecified atom stereocenters. The Morgan fingerprint density at radius 3 is 2.41 bits per heavy atom. The van der Waals surface area contributed by atoms with Crippen LogP contribution >= 0.6 is 23.8 Å². The largest absolute Gasteiger partial charge is 0.368 e. The van der Waals surface area contributed by atoms with Gasteiger partial charge in [-0.2, -0.15) is 0 Å². The molecule has 2 nitrogen and oxygen atoms in total. The second-order valence-corrected chi connectivity index (χ2v) is 6.39. The Morgan fingerprint density at radius 1 is 1.00 bits per heavy atom. The van der Waals surface area contributed by atoms with Crippen molar-refractivity contribution in [3.8, 4) is 0 Å². The molecule has 0 N–H and O–H groups in total. The van der Waals surface area contributed by atoms with Gasteiger partial charge in [0.1, 0.15) is 4.99 Å². The highest BCUT2D eigenvalue weighted by Crippen LogP contribution is 2.21. The normalized spacial score (nSPS) is 15.0. The highest BCUT2D eigenvalue weighted by Gasteiger charge is 2.21. The van der Waals surface area contributed by atoms with Crippen molar-refractivity contribution in [3.05, 3.63) is 64.7 Å². The summed E-state index contributed by atoms with van der Waals surface area (Å²) in [5.74, 6) is 0. The molecule has 0 radical (unpaired) electrons. The summed E-state index contributed by atoms with van der Waals surface area (Å²) < 4.78 is 0.